The van der Waals surface area contributed by atoms with E-state index in [9.17, 15) is 10.1 Å². The molecule has 1 amide bonds. The van der Waals surface area contributed by atoms with Gasteiger partial charge in [0.1, 0.15) is 18.2 Å². The Balaban J connectivity index is 2.44. The highest BCUT2D eigenvalue weighted by Gasteiger charge is 2.15. The molecular formula is C26H30N2O3. The maximum absolute atomic E-state index is 12.3. The maximum atomic E-state index is 12.3. The van der Waals surface area contributed by atoms with Crippen LogP contribution in [-0.2, 0) is 17.8 Å². The molecule has 0 radical (unpaired) electrons. The highest BCUT2D eigenvalue weighted by molar-refractivity contribution is 6.01. The first-order chi connectivity index (χ1) is 14.9. The Morgan fingerprint density at radius 2 is 2.03 bits per heavy atom. The number of allylic oxidation sites excluding steroid dienone is 1. The Hall–Kier alpha value is -3.52. The molecule has 0 atom stereocenters. The van der Waals surface area contributed by atoms with Crippen molar-refractivity contribution in [1.29, 1.82) is 5.26 Å². The average molecular weight is 419 g/mol. The zero-order valence-electron chi connectivity index (χ0n) is 18.7. The summed E-state index contributed by atoms with van der Waals surface area (Å²) >= 11 is 0. The van der Waals surface area contributed by atoms with E-state index in [4.69, 9.17) is 9.47 Å². The van der Waals surface area contributed by atoms with Crippen molar-refractivity contribution in [2.24, 2.45) is 0 Å². The Bertz CT molecular complexity index is 1000. The first-order valence-corrected chi connectivity index (χ1v) is 10.4. The number of hydrogen-bond donors (Lipinski definition) is 1. The van der Waals surface area contributed by atoms with Crippen LogP contribution in [0.5, 0.6) is 11.5 Å². The van der Waals surface area contributed by atoms with Crippen molar-refractivity contribution in [3.8, 4) is 17.6 Å². The molecule has 2 rings (SSSR count). The minimum atomic E-state index is -0.402. The Labute approximate surface area is 185 Å². The van der Waals surface area contributed by atoms with Crippen molar-refractivity contribution >= 4 is 12.0 Å². The number of nitrogens with one attached hydrogen (secondary N) is 1. The predicted octanol–water partition coefficient (Wildman–Crippen LogP) is 5.13. The minimum Gasteiger partial charge on any atom is -0.490 e. The van der Waals surface area contributed by atoms with Crippen molar-refractivity contribution < 1.29 is 14.3 Å². The highest BCUT2D eigenvalue weighted by atomic mass is 16.5. The molecule has 162 valence electrons. The molecule has 0 bridgehead atoms. The second-order valence-corrected chi connectivity index (χ2v) is 7.51. The highest BCUT2D eigenvalue weighted by Crippen LogP contribution is 2.35. The van der Waals surface area contributed by atoms with Crippen LogP contribution in [0.15, 0.2) is 54.6 Å². The molecule has 0 aliphatic rings. The van der Waals surface area contributed by atoms with Gasteiger partial charge in [-0.05, 0) is 63.5 Å². The van der Waals surface area contributed by atoms with Gasteiger partial charge in [0.25, 0.3) is 5.91 Å². The summed E-state index contributed by atoms with van der Waals surface area (Å²) in [4.78, 5) is 12.3. The Morgan fingerprint density at radius 1 is 1.26 bits per heavy atom. The van der Waals surface area contributed by atoms with Crippen LogP contribution in [0.2, 0.25) is 0 Å². The van der Waals surface area contributed by atoms with Crippen LogP contribution in [0.3, 0.4) is 0 Å². The van der Waals surface area contributed by atoms with Gasteiger partial charge >= 0.3 is 0 Å². The number of carbonyl (C=O) groups is 1. The van der Waals surface area contributed by atoms with Gasteiger partial charge in [-0.25, -0.2) is 0 Å². The molecule has 0 fully saturated rings. The first-order valence-electron chi connectivity index (χ1n) is 10.4. The van der Waals surface area contributed by atoms with Crippen LogP contribution in [0.4, 0.5) is 0 Å². The summed E-state index contributed by atoms with van der Waals surface area (Å²) in [5.74, 6) is 0.813. The number of ether oxygens (including phenoxy) is 2. The van der Waals surface area contributed by atoms with E-state index in [1.165, 1.54) is 5.56 Å². The second-order valence-electron chi connectivity index (χ2n) is 7.51. The lowest BCUT2D eigenvalue weighted by molar-refractivity contribution is -0.117. The smallest absolute Gasteiger partial charge is 0.262 e. The SMILES string of the molecule is C=CCc1cc(/C=C(/C#N)C(=O)NC(C)C)cc(OCC)c1OCc1cccc(C)c1. The van der Waals surface area contributed by atoms with Gasteiger partial charge in [-0.15, -0.1) is 6.58 Å². The summed E-state index contributed by atoms with van der Waals surface area (Å²) in [5.41, 5.74) is 3.84. The molecule has 0 aliphatic heterocycles. The number of nitrogens with zero attached hydrogens (tertiary/aromatic N) is 1. The third-order valence-electron chi connectivity index (χ3n) is 4.38. The monoisotopic (exact) mass is 418 g/mol. The third kappa shape index (κ3) is 7.04. The number of nitriles is 1. The van der Waals surface area contributed by atoms with E-state index >= 15 is 0 Å². The van der Waals surface area contributed by atoms with Crippen molar-refractivity contribution in [3.05, 3.63) is 76.9 Å². The zero-order valence-corrected chi connectivity index (χ0v) is 18.7. The van der Waals surface area contributed by atoms with Crippen molar-refractivity contribution in [2.75, 3.05) is 6.61 Å². The van der Waals surface area contributed by atoms with E-state index in [1.54, 1.807) is 18.2 Å². The van der Waals surface area contributed by atoms with E-state index in [0.717, 1.165) is 11.1 Å². The average Bonchev–Trinajstić information content (AvgIpc) is 2.71. The van der Waals surface area contributed by atoms with Crippen LogP contribution in [0.1, 0.15) is 43.0 Å². The van der Waals surface area contributed by atoms with Crippen LogP contribution >= 0.6 is 0 Å². The fraction of sp³-hybridized carbons (Fsp3) is 0.308. The zero-order chi connectivity index (χ0) is 22.8. The molecule has 5 nitrogen and oxygen atoms in total. The summed E-state index contributed by atoms with van der Waals surface area (Å²) in [7, 11) is 0. The van der Waals surface area contributed by atoms with Crippen LogP contribution < -0.4 is 14.8 Å². The number of carbonyl (C=O) groups excluding carboxylic acids is 1. The van der Waals surface area contributed by atoms with E-state index < -0.39 is 5.91 Å². The van der Waals surface area contributed by atoms with Gasteiger partial charge in [-0.3, -0.25) is 4.79 Å². The summed E-state index contributed by atoms with van der Waals surface area (Å²) in [6.07, 6.45) is 3.91. The lowest BCUT2D eigenvalue weighted by Gasteiger charge is -2.17. The van der Waals surface area contributed by atoms with Crippen LogP contribution in [0, 0.1) is 18.3 Å². The minimum absolute atomic E-state index is 0.0362. The van der Waals surface area contributed by atoms with Gasteiger partial charge in [0, 0.05) is 11.6 Å². The molecule has 1 N–H and O–H groups in total. The number of rotatable bonds is 10. The van der Waals surface area contributed by atoms with E-state index in [0.29, 0.717) is 36.7 Å². The van der Waals surface area contributed by atoms with E-state index in [2.05, 4.69) is 18.0 Å². The number of aryl methyl sites for hydroxylation is 1. The van der Waals surface area contributed by atoms with Gasteiger partial charge in [0.2, 0.25) is 0 Å². The lowest BCUT2D eigenvalue weighted by atomic mass is 10.0. The molecule has 31 heavy (non-hydrogen) atoms. The summed E-state index contributed by atoms with van der Waals surface area (Å²) in [6, 6.07) is 13.8. The Morgan fingerprint density at radius 3 is 2.65 bits per heavy atom. The van der Waals surface area contributed by atoms with E-state index in [1.807, 2.05) is 58.0 Å². The van der Waals surface area contributed by atoms with Crippen molar-refractivity contribution in [2.45, 2.75) is 46.8 Å². The maximum Gasteiger partial charge on any atom is 0.262 e. The Kier molecular flexibility index (Phi) is 8.90. The van der Waals surface area contributed by atoms with Gasteiger partial charge in [-0.2, -0.15) is 5.26 Å². The summed E-state index contributed by atoms with van der Waals surface area (Å²) in [6.45, 7) is 12.3. The number of benzene rings is 2. The standard InChI is InChI=1S/C26H30N2O3/c1-6-9-22-13-21(14-23(16-27)26(29)28-18(3)4)15-24(30-7-2)25(22)31-17-20-11-8-10-19(5)12-20/h6,8,10-15,18H,1,7,9,17H2,2-5H3,(H,28,29)/b23-14-. The number of amides is 1. The van der Waals surface area contributed by atoms with Crippen LogP contribution in [-0.4, -0.2) is 18.6 Å². The largest absolute Gasteiger partial charge is 0.490 e. The molecule has 0 unspecified atom stereocenters. The molecule has 0 spiro atoms. The van der Waals surface area contributed by atoms with Gasteiger partial charge in [0.05, 0.1) is 6.61 Å². The van der Waals surface area contributed by atoms with Gasteiger partial charge in [0.15, 0.2) is 11.5 Å². The van der Waals surface area contributed by atoms with Gasteiger partial charge in [-0.1, -0.05) is 35.9 Å². The topological polar surface area (TPSA) is 71.4 Å². The number of hydrogen-bond acceptors (Lipinski definition) is 4. The summed E-state index contributed by atoms with van der Waals surface area (Å²) in [5, 5.41) is 12.2. The van der Waals surface area contributed by atoms with Crippen molar-refractivity contribution in [3.63, 3.8) is 0 Å². The normalized spacial score (nSPS) is 11.0. The fourth-order valence-electron chi connectivity index (χ4n) is 3.11. The quantitative estimate of drug-likeness (QED) is 0.330. The fourth-order valence-corrected chi connectivity index (χ4v) is 3.11. The lowest BCUT2D eigenvalue weighted by Crippen LogP contribution is -2.30. The molecule has 0 aromatic heterocycles. The molecule has 0 aliphatic carbocycles. The van der Waals surface area contributed by atoms with Gasteiger partial charge < -0.3 is 14.8 Å². The predicted molar refractivity (Wildman–Crippen MR) is 124 cm³/mol. The first kappa shape index (κ1) is 23.8. The molecule has 0 saturated heterocycles. The second kappa shape index (κ2) is 11.6. The molecule has 5 heteroatoms. The van der Waals surface area contributed by atoms with E-state index in [-0.39, 0.29) is 11.6 Å². The van der Waals surface area contributed by atoms with Crippen LogP contribution in [0.25, 0.3) is 6.08 Å². The third-order valence-corrected chi connectivity index (χ3v) is 4.38. The summed E-state index contributed by atoms with van der Waals surface area (Å²) < 4.78 is 12.0. The molecular weight excluding hydrogens is 388 g/mol. The molecule has 0 saturated carbocycles. The molecule has 2 aromatic carbocycles. The molecule has 0 heterocycles. The molecule has 2 aromatic rings. The van der Waals surface area contributed by atoms with Crippen molar-refractivity contribution in [1.82, 2.24) is 5.32 Å².